The van der Waals surface area contributed by atoms with E-state index in [0.29, 0.717) is 18.8 Å². The smallest absolute Gasteiger partial charge is 0.130 e. The second kappa shape index (κ2) is 11.9. The van der Waals surface area contributed by atoms with Crippen molar-refractivity contribution >= 4 is 12.1 Å². The number of rotatable bonds is 11. The van der Waals surface area contributed by atoms with Crippen molar-refractivity contribution in [2.45, 2.75) is 59.8 Å². The van der Waals surface area contributed by atoms with Gasteiger partial charge in [-0.25, -0.2) is 0 Å². The molecule has 0 aromatic rings. The van der Waals surface area contributed by atoms with Crippen LogP contribution in [-0.2, 0) is 9.59 Å². The van der Waals surface area contributed by atoms with Gasteiger partial charge in [-0.2, -0.15) is 0 Å². The maximum absolute atomic E-state index is 10.9. The van der Waals surface area contributed by atoms with E-state index in [0.717, 1.165) is 36.7 Å². The molecular weight excluding hydrogens is 272 g/mol. The molecule has 2 heteroatoms. The van der Waals surface area contributed by atoms with Crippen LogP contribution in [0.2, 0.25) is 0 Å². The molecule has 0 aliphatic heterocycles. The van der Waals surface area contributed by atoms with Crippen molar-refractivity contribution in [2.24, 2.45) is 5.92 Å². The molecule has 0 aromatic heterocycles. The summed E-state index contributed by atoms with van der Waals surface area (Å²) in [6, 6.07) is 0. The van der Waals surface area contributed by atoms with Gasteiger partial charge in [0, 0.05) is 12.8 Å². The van der Waals surface area contributed by atoms with Gasteiger partial charge in [0.25, 0.3) is 0 Å². The standard InChI is InChI=1S/C20H30O2/c1-16(2)20(14-12-18(4)9-7-15-21)13-11-17(3)8-6-10-19(5)22/h8-9,12,14-15,20H,1,6-7,10-11,13H2,2-5H3/b14-12+,17-8+,18-9-. The van der Waals surface area contributed by atoms with Crippen LogP contribution in [0.4, 0.5) is 0 Å². The van der Waals surface area contributed by atoms with E-state index in [2.05, 4.69) is 31.7 Å². The van der Waals surface area contributed by atoms with E-state index in [1.54, 1.807) is 6.92 Å². The fourth-order valence-electron chi connectivity index (χ4n) is 2.08. The van der Waals surface area contributed by atoms with Crippen molar-refractivity contribution in [1.82, 2.24) is 0 Å². The largest absolute Gasteiger partial charge is 0.303 e. The van der Waals surface area contributed by atoms with Crippen molar-refractivity contribution in [3.8, 4) is 0 Å². The molecule has 0 amide bonds. The van der Waals surface area contributed by atoms with Gasteiger partial charge in [0.05, 0.1) is 0 Å². The van der Waals surface area contributed by atoms with Gasteiger partial charge < -0.3 is 9.59 Å². The molecule has 0 saturated carbocycles. The highest BCUT2D eigenvalue weighted by Gasteiger charge is 2.06. The minimum absolute atomic E-state index is 0.240. The van der Waals surface area contributed by atoms with Crippen LogP contribution in [0.25, 0.3) is 0 Å². The summed E-state index contributed by atoms with van der Waals surface area (Å²) in [6.45, 7) is 11.9. The Hall–Kier alpha value is -1.70. The molecule has 0 radical (unpaired) electrons. The maximum Gasteiger partial charge on any atom is 0.130 e. The monoisotopic (exact) mass is 302 g/mol. The summed E-state index contributed by atoms with van der Waals surface area (Å²) < 4.78 is 0. The van der Waals surface area contributed by atoms with Gasteiger partial charge in [0.15, 0.2) is 0 Å². The van der Waals surface area contributed by atoms with E-state index >= 15 is 0 Å². The van der Waals surface area contributed by atoms with E-state index in [1.807, 2.05) is 19.9 Å². The fraction of sp³-hybridized carbons (Fsp3) is 0.500. The lowest BCUT2D eigenvalue weighted by Gasteiger charge is -2.13. The lowest BCUT2D eigenvalue weighted by Crippen LogP contribution is -1.98. The Morgan fingerprint density at radius 3 is 2.32 bits per heavy atom. The zero-order valence-corrected chi connectivity index (χ0v) is 14.5. The van der Waals surface area contributed by atoms with Crippen molar-refractivity contribution in [1.29, 1.82) is 0 Å². The first-order valence-corrected chi connectivity index (χ1v) is 7.95. The van der Waals surface area contributed by atoms with Crippen molar-refractivity contribution in [3.63, 3.8) is 0 Å². The Labute approximate surface area is 135 Å². The average molecular weight is 302 g/mol. The van der Waals surface area contributed by atoms with Gasteiger partial charge in [-0.1, -0.05) is 47.6 Å². The first-order chi connectivity index (χ1) is 10.4. The van der Waals surface area contributed by atoms with Gasteiger partial charge in [0.1, 0.15) is 12.1 Å². The van der Waals surface area contributed by atoms with Crippen LogP contribution < -0.4 is 0 Å². The average Bonchev–Trinajstić information content (AvgIpc) is 2.44. The summed E-state index contributed by atoms with van der Waals surface area (Å²) in [4.78, 5) is 21.3. The number of carbonyl (C=O) groups is 2. The molecule has 0 aliphatic rings. The van der Waals surface area contributed by atoms with E-state index < -0.39 is 0 Å². The van der Waals surface area contributed by atoms with Crippen molar-refractivity contribution in [2.75, 3.05) is 0 Å². The Bertz CT molecular complexity index is 464. The molecule has 2 nitrogen and oxygen atoms in total. The van der Waals surface area contributed by atoms with E-state index in [-0.39, 0.29) is 5.78 Å². The Morgan fingerprint density at radius 2 is 1.77 bits per heavy atom. The first-order valence-electron chi connectivity index (χ1n) is 7.95. The number of ketones is 1. The van der Waals surface area contributed by atoms with E-state index in [1.165, 1.54) is 5.57 Å². The molecule has 0 N–H and O–H groups in total. The molecule has 122 valence electrons. The highest BCUT2D eigenvalue weighted by Crippen LogP contribution is 2.21. The Kier molecular flexibility index (Phi) is 11.0. The van der Waals surface area contributed by atoms with Crippen LogP contribution in [-0.4, -0.2) is 12.1 Å². The molecule has 0 aliphatic carbocycles. The molecule has 0 spiro atoms. The van der Waals surface area contributed by atoms with Crippen LogP contribution >= 0.6 is 0 Å². The molecule has 1 unspecified atom stereocenters. The third kappa shape index (κ3) is 11.0. The fourth-order valence-corrected chi connectivity index (χ4v) is 2.08. The molecule has 0 heterocycles. The maximum atomic E-state index is 10.9. The van der Waals surface area contributed by atoms with E-state index in [4.69, 9.17) is 0 Å². The highest BCUT2D eigenvalue weighted by molar-refractivity contribution is 5.75. The van der Waals surface area contributed by atoms with E-state index in [9.17, 15) is 9.59 Å². The normalized spacial score (nSPS) is 14.2. The number of Topliss-reactive ketones (excluding diaryl/α,β-unsaturated/α-hetero) is 1. The van der Waals surface area contributed by atoms with Crippen LogP contribution in [0.1, 0.15) is 59.8 Å². The molecular formula is C20H30O2. The third-order valence-corrected chi connectivity index (χ3v) is 3.60. The molecule has 0 aromatic carbocycles. The second-order valence-electron chi connectivity index (χ2n) is 5.99. The number of hydrogen-bond acceptors (Lipinski definition) is 2. The molecule has 1 atom stereocenters. The molecule has 0 bridgehead atoms. The number of carbonyl (C=O) groups excluding carboxylic acids is 2. The summed E-state index contributed by atoms with van der Waals surface area (Å²) >= 11 is 0. The SMILES string of the molecule is C=C(C)C(/C=C/C(C)=C\CC=O)CC/C(C)=C/CCC(C)=O. The predicted molar refractivity (Wildman–Crippen MR) is 94.8 cm³/mol. The van der Waals surface area contributed by atoms with Gasteiger partial charge in [0.2, 0.25) is 0 Å². The minimum Gasteiger partial charge on any atom is -0.303 e. The molecule has 22 heavy (non-hydrogen) atoms. The summed E-state index contributed by atoms with van der Waals surface area (Å²) in [5.41, 5.74) is 3.58. The molecule has 0 saturated heterocycles. The molecule has 0 rings (SSSR count). The van der Waals surface area contributed by atoms with Crippen LogP contribution in [0.15, 0.2) is 47.6 Å². The topological polar surface area (TPSA) is 34.1 Å². The summed E-state index contributed by atoms with van der Waals surface area (Å²) in [6.07, 6.45) is 13.2. The van der Waals surface area contributed by atoms with Crippen LogP contribution in [0.3, 0.4) is 0 Å². The first kappa shape index (κ1) is 20.3. The summed E-state index contributed by atoms with van der Waals surface area (Å²) in [7, 11) is 0. The summed E-state index contributed by atoms with van der Waals surface area (Å²) in [5, 5.41) is 0. The second-order valence-corrected chi connectivity index (χ2v) is 5.99. The quantitative estimate of drug-likeness (QED) is 0.292. The van der Waals surface area contributed by atoms with Gasteiger partial charge >= 0.3 is 0 Å². The number of hydrogen-bond donors (Lipinski definition) is 0. The third-order valence-electron chi connectivity index (χ3n) is 3.60. The number of aldehydes is 1. The van der Waals surface area contributed by atoms with Crippen LogP contribution in [0, 0.1) is 5.92 Å². The van der Waals surface area contributed by atoms with Gasteiger partial charge in [-0.3, -0.25) is 0 Å². The molecule has 0 fully saturated rings. The zero-order valence-electron chi connectivity index (χ0n) is 14.5. The van der Waals surface area contributed by atoms with Crippen molar-refractivity contribution < 1.29 is 9.59 Å². The Balaban J connectivity index is 4.47. The predicted octanol–water partition coefficient (Wildman–Crippen LogP) is 5.37. The van der Waals surface area contributed by atoms with Crippen LogP contribution in [0.5, 0.6) is 0 Å². The van der Waals surface area contributed by atoms with Gasteiger partial charge in [-0.05, 0) is 52.9 Å². The van der Waals surface area contributed by atoms with Crippen molar-refractivity contribution in [3.05, 3.63) is 47.6 Å². The minimum atomic E-state index is 0.240. The summed E-state index contributed by atoms with van der Waals surface area (Å²) in [5.74, 6) is 0.583. The highest BCUT2D eigenvalue weighted by atomic mass is 16.1. The lowest BCUT2D eigenvalue weighted by molar-refractivity contribution is -0.117. The number of allylic oxidation sites excluding steroid dienone is 7. The Morgan fingerprint density at radius 1 is 1.09 bits per heavy atom. The lowest BCUT2D eigenvalue weighted by atomic mass is 9.93. The van der Waals surface area contributed by atoms with Gasteiger partial charge in [-0.15, -0.1) is 0 Å². The zero-order chi connectivity index (χ0) is 17.0.